The highest BCUT2D eigenvalue weighted by Crippen LogP contribution is 2.32. The minimum atomic E-state index is -4.45. The van der Waals surface area contributed by atoms with Crippen LogP contribution in [0.2, 0.25) is 0 Å². The van der Waals surface area contributed by atoms with Crippen molar-refractivity contribution in [3.63, 3.8) is 0 Å². The first-order valence-electron chi connectivity index (χ1n) is 10.1. The van der Waals surface area contributed by atoms with Crippen molar-refractivity contribution >= 4 is 34.3 Å². The maximum absolute atomic E-state index is 13.2. The van der Waals surface area contributed by atoms with Crippen molar-refractivity contribution in [3.8, 4) is 5.75 Å². The van der Waals surface area contributed by atoms with Gasteiger partial charge in [0.2, 0.25) is 0 Å². The third-order valence-electron chi connectivity index (χ3n) is 4.94. The standard InChI is InChI=1S/C23H25F3N2O2.BrH/c1-2-30-20-12-10-17(11-13-20)21(29)16-28(22-9-4-3-5-14-27-22)19-8-6-7-18(15-19)23(24,25)26;/h6-8,10-13,15H,2-5,9,14,16H2,1H3;1H. The summed E-state index contributed by atoms with van der Waals surface area (Å²) in [5.74, 6) is 1.13. The smallest absolute Gasteiger partial charge is 0.416 e. The average molecular weight is 499 g/mol. The summed E-state index contributed by atoms with van der Waals surface area (Å²) in [6, 6.07) is 11.9. The molecule has 4 nitrogen and oxygen atoms in total. The lowest BCUT2D eigenvalue weighted by Gasteiger charge is -2.26. The Hall–Kier alpha value is -2.35. The Kier molecular flexibility index (Phi) is 9.10. The van der Waals surface area contributed by atoms with E-state index in [-0.39, 0.29) is 29.3 Å². The van der Waals surface area contributed by atoms with E-state index in [0.29, 0.717) is 42.4 Å². The molecule has 8 heteroatoms. The topological polar surface area (TPSA) is 41.9 Å². The zero-order valence-electron chi connectivity index (χ0n) is 17.3. The molecule has 0 radical (unpaired) electrons. The van der Waals surface area contributed by atoms with E-state index in [2.05, 4.69) is 4.99 Å². The lowest BCUT2D eigenvalue weighted by Crippen LogP contribution is -2.36. The number of ketones is 1. The molecule has 0 fully saturated rings. The first-order valence-corrected chi connectivity index (χ1v) is 10.1. The first-order chi connectivity index (χ1) is 14.4. The van der Waals surface area contributed by atoms with Gasteiger partial charge in [0.05, 0.1) is 18.7 Å². The van der Waals surface area contributed by atoms with Crippen LogP contribution in [0.1, 0.15) is 48.5 Å². The summed E-state index contributed by atoms with van der Waals surface area (Å²) < 4.78 is 45.1. The van der Waals surface area contributed by atoms with Gasteiger partial charge in [-0.3, -0.25) is 9.79 Å². The first kappa shape index (κ1) is 24.9. The van der Waals surface area contributed by atoms with Crippen LogP contribution in [0.15, 0.2) is 53.5 Å². The minimum absolute atomic E-state index is 0. The highest BCUT2D eigenvalue weighted by Gasteiger charge is 2.31. The molecular weight excluding hydrogens is 473 g/mol. The molecule has 0 unspecified atom stereocenters. The zero-order valence-corrected chi connectivity index (χ0v) is 19.0. The van der Waals surface area contributed by atoms with Crippen LogP contribution in [0.25, 0.3) is 0 Å². The summed E-state index contributed by atoms with van der Waals surface area (Å²) in [6.45, 7) is 2.94. The van der Waals surface area contributed by atoms with Gasteiger partial charge in [-0.15, -0.1) is 17.0 Å². The van der Waals surface area contributed by atoms with Gasteiger partial charge in [-0.25, -0.2) is 0 Å². The van der Waals surface area contributed by atoms with E-state index in [9.17, 15) is 18.0 Å². The van der Waals surface area contributed by atoms with E-state index in [1.807, 2.05) is 6.92 Å². The van der Waals surface area contributed by atoms with Crippen LogP contribution in [0, 0.1) is 0 Å². The van der Waals surface area contributed by atoms with Crippen LogP contribution in [-0.2, 0) is 6.18 Å². The van der Waals surface area contributed by atoms with Crippen LogP contribution in [-0.4, -0.2) is 31.3 Å². The van der Waals surface area contributed by atoms with Gasteiger partial charge < -0.3 is 9.64 Å². The highest BCUT2D eigenvalue weighted by molar-refractivity contribution is 8.93. The maximum Gasteiger partial charge on any atom is 0.416 e. The van der Waals surface area contributed by atoms with Crippen molar-refractivity contribution in [1.82, 2.24) is 0 Å². The summed E-state index contributed by atoms with van der Waals surface area (Å²) in [4.78, 5) is 19.1. The van der Waals surface area contributed by atoms with Crippen molar-refractivity contribution < 1.29 is 22.7 Å². The molecule has 0 aromatic heterocycles. The molecule has 2 aromatic carbocycles. The van der Waals surface area contributed by atoms with E-state index >= 15 is 0 Å². The fraction of sp³-hybridized carbons (Fsp3) is 0.391. The number of carbonyl (C=O) groups excluding carboxylic acids is 1. The van der Waals surface area contributed by atoms with Crippen molar-refractivity contribution in [1.29, 1.82) is 0 Å². The molecular formula is C23H26BrF3N2O2. The summed E-state index contributed by atoms with van der Waals surface area (Å²) >= 11 is 0. The minimum Gasteiger partial charge on any atom is -0.494 e. The molecule has 0 aliphatic carbocycles. The second-order valence-electron chi connectivity index (χ2n) is 7.12. The highest BCUT2D eigenvalue weighted by atomic mass is 79.9. The third-order valence-corrected chi connectivity index (χ3v) is 4.94. The van der Waals surface area contributed by atoms with Crippen LogP contribution in [0.5, 0.6) is 5.75 Å². The molecule has 0 atom stereocenters. The monoisotopic (exact) mass is 498 g/mol. The number of Topliss-reactive ketones (excluding diaryl/α,β-unsaturated/α-hetero) is 1. The molecule has 0 saturated heterocycles. The van der Waals surface area contributed by atoms with Gasteiger partial charge in [0, 0.05) is 24.2 Å². The fourth-order valence-corrected chi connectivity index (χ4v) is 3.40. The van der Waals surface area contributed by atoms with Gasteiger partial charge in [0.15, 0.2) is 5.78 Å². The van der Waals surface area contributed by atoms with Crippen molar-refractivity contribution in [2.24, 2.45) is 4.99 Å². The number of hydrogen-bond acceptors (Lipinski definition) is 4. The Balaban J connectivity index is 0.00000341. The number of hydrogen-bond donors (Lipinski definition) is 0. The van der Waals surface area contributed by atoms with E-state index < -0.39 is 11.7 Å². The SMILES string of the molecule is Br.CCOc1ccc(C(=O)CN(C2=NCCCCC2)c2cccc(C(F)(F)F)c2)cc1. The molecule has 2 aromatic rings. The normalized spacial score (nSPS) is 14.1. The van der Waals surface area contributed by atoms with Gasteiger partial charge in [0.25, 0.3) is 0 Å². The lowest BCUT2D eigenvalue weighted by molar-refractivity contribution is -0.137. The predicted octanol–water partition coefficient (Wildman–Crippen LogP) is 6.34. The van der Waals surface area contributed by atoms with E-state index in [0.717, 1.165) is 31.4 Å². The number of nitrogens with zero attached hydrogens (tertiary/aromatic N) is 2. The largest absolute Gasteiger partial charge is 0.494 e. The molecule has 1 aliphatic rings. The van der Waals surface area contributed by atoms with Crippen LogP contribution in [0.4, 0.5) is 18.9 Å². The summed E-state index contributed by atoms with van der Waals surface area (Å²) in [6.07, 6.45) is -0.979. The van der Waals surface area contributed by atoms with Gasteiger partial charge in [0.1, 0.15) is 11.6 Å². The van der Waals surface area contributed by atoms with Gasteiger partial charge in [-0.2, -0.15) is 13.2 Å². The number of carbonyl (C=O) groups is 1. The van der Waals surface area contributed by atoms with Crippen LogP contribution in [0.3, 0.4) is 0 Å². The fourth-order valence-electron chi connectivity index (χ4n) is 3.40. The number of halogens is 4. The second-order valence-corrected chi connectivity index (χ2v) is 7.12. The molecule has 3 rings (SSSR count). The molecule has 1 heterocycles. The number of amidine groups is 1. The molecule has 168 valence electrons. The summed E-state index contributed by atoms with van der Waals surface area (Å²) in [5, 5.41) is 0. The zero-order chi connectivity index (χ0) is 21.6. The number of alkyl halides is 3. The van der Waals surface area contributed by atoms with E-state index in [1.165, 1.54) is 6.07 Å². The van der Waals surface area contributed by atoms with E-state index in [1.54, 1.807) is 35.2 Å². The second kappa shape index (κ2) is 11.3. The van der Waals surface area contributed by atoms with Crippen LogP contribution >= 0.6 is 17.0 Å². The average Bonchev–Trinajstić information content (AvgIpc) is 3.01. The van der Waals surface area contributed by atoms with Gasteiger partial charge in [-0.05, 0) is 62.2 Å². The molecule has 0 amide bonds. The Morgan fingerprint density at radius 1 is 1.10 bits per heavy atom. The quantitative estimate of drug-likeness (QED) is 0.436. The molecule has 0 spiro atoms. The summed E-state index contributed by atoms with van der Waals surface area (Å²) in [7, 11) is 0. The van der Waals surface area contributed by atoms with Gasteiger partial charge >= 0.3 is 6.18 Å². The number of rotatable bonds is 6. The number of ether oxygens (including phenoxy) is 1. The van der Waals surface area contributed by atoms with Crippen molar-refractivity contribution in [2.45, 2.75) is 38.8 Å². The van der Waals surface area contributed by atoms with Gasteiger partial charge in [-0.1, -0.05) is 12.5 Å². The Morgan fingerprint density at radius 3 is 2.52 bits per heavy atom. The van der Waals surface area contributed by atoms with E-state index in [4.69, 9.17) is 4.74 Å². The Labute approximate surface area is 190 Å². The molecule has 0 bridgehead atoms. The molecule has 1 aliphatic heterocycles. The summed E-state index contributed by atoms with van der Waals surface area (Å²) in [5.41, 5.74) is 0.0575. The van der Waals surface area contributed by atoms with Crippen LogP contribution < -0.4 is 9.64 Å². The Morgan fingerprint density at radius 2 is 1.84 bits per heavy atom. The van der Waals surface area contributed by atoms with Crippen molar-refractivity contribution in [3.05, 3.63) is 59.7 Å². The third kappa shape index (κ3) is 6.82. The molecule has 0 N–H and O–H groups in total. The lowest BCUT2D eigenvalue weighted by atomic mass is 10.1. The van der Waals surface area contributed by atoms with Crippen molar-refractivity contribution in [2.75, 3.05) is 24.6 Å². The maximum atomic E-state index is 13.2. The Bertz CT molecular complexity index is 898. The number of aliphatic imine (C=N–C) groups is 1. The predicted molar refractivity (Wildman–Crippen MR) is 122 cm³/mol. The molecule has 31 heavy (non-hydrogen) atoms. The molecule has 0 saturated carbocycles. The number of benzene rings is 2. The number of anilines is 1.